The van der Waals surface area contributed by atoms with Crippen molar-refractivity contribution in [2.75, 3.05) is 12.3 Å². The van der Waals surface area contributed by atoms with E-state index in [1.165, 1.54) is 0 Å². The normalized spacial score (nSPS) is 18.1. The van der Waals surface area contributed by atoms with Gasteiger partial charge in [0.15, 0.2) is 0 Å². The van der Waals surface area contributed by atoms with Crippen LogP contribution < -0.4 is 11.1 Å². The Hall–Kier alpha value is -1.51. The van der Waals surface area contributed by atoms with Crippen LogP contribution in [0.1, 0.15) is 39.2 Å². The SMILES string of the molecule is CC(C)C(C)CNC(=O)C1(c2ccc(N)cc2)CC1. The zero-order chi connectivity index (χ0) is 14.0. The molecular weight excluding hydrogens is 236 g/mol. The van der Waals surface area contributed by atoms with E-state index in [2.05, 4.69) is 26.1 Å². The minimum absolute atomic E-state index is 0.171. The maximum Gasteiger partial charge on any atom is 0.230 e. The summed E-state index contributed by atoms with van der Waals surface area (Å²) in [5.74, 6) is 1.27. The minimum Gasteiger partial charge on any atom is -0.399 e. The number of amides is 1. The lowest BCUT2D eigenvalue weighted by atomic mass is 9.93. The van der Waals surface area contributed by atoms with Crippen molar-refractivity contribution in [1.82, 2.24) is 5.32 Å². The Morgan fingerprint density at radius 1 is 1.26 bits per heavy atom. The van der Waals surface area contributed by atoms with Crippen molar-refractivity contribution in [1.29, 1.82) is 0 Å². The second-order valence-corrected chi connectivity index (χ2v) is 6.14. The fourth-order valence-corrected chi connectivity index (χ4v) is 2.23. The van der Waals surface area contributed by atoms with Crippen LogP contribution in [0.2, 0.25) is 0 Å². The van der Waals surface area contributed by atoms with Crippen LogP contribution in [-0.2, 0) is 10.2 Å². The predicted molar refractivity (Wildman–Crippen MR) is 78.8 cm³/mol. The number of nitrogens with two attached hydrogens (primary N) is 1. The number of nitrogen functional groups attached to an aromatic ring is 1. The lowest BCUT2D eigenvalue weighted by molar-refractivity contribution is -0.123. The van der Waals surface area contributed by atoms with Gasteiger partial charge in [-0.05, 0) is 42.4 Å². The quantitative estimate of drug-likeness (QED) is 0.800. The molecule has 1 saturated carbocycles. The number of hydrogen-bond acceptors (Lipinski definition) is 2. The highest BCUT2D eigenvalue weighted by molar-refractivity contribution is 5.91. The topological polar surface area (TPSA) is 55.1 Å². The van der Waals surface area contributed by atoms with Crippen molar-refractivity contribution in [2.45, 2.75) is 39.0 Å². The molecule has 2 rings (SSSR count). The smallest absolute Gasteiger partial charge is 0.230 e. The molecule has 1 aliphatic carbocycles. The predicted octanol–water partition coefficient (Wildman–Crippen LogP) is 2.71. The van der Waals surface area contributed by atoms with Crippen LogP contribution in [0.3, 0.4) is 0 Å². The van der Waals surface area contributed by atoms with E-state index in [4.69, 9.17) is 5.73 Å². The van der Waals surface area contributed by atoms with Gasteiger partial charge in [0.25, 0.3) is 0 Å². The number of nitrogens with one attached hydrogen (secondary N) is 1. The summed E-state index contributed by atoms with van der Waals surface area (Å²) in [5.41, 5.74) is 7.25. The first-order valence-corrected chi connectivity index (χ1v) is 7.10. The molecule has 0 aromatic heterocycles. The summed E-state index contributed by atoms with van der Waals surface area (Å²) in [7, 11) is 0. The molecule has 0 heterocycles. The molecule has 1 aliphatic rings. The lowest BCUT2D eigenvalue weighted by Gasteiger charge is -2.20. The largest absolute Gasteiger partial charge is 0.399 e. The van der Waals surface area contributed by atoms with E-state index in [1.807, 2.05) is 24.3 Å². The third-order valence-electron chi connectivity index (χ3n) is 4.37. The average molecular weight is 260 g/mol. The van der Waals surface area contributed by atoms with E-state index in [0.29, 0.717) is 11.8 Å². The lowest BCUT2D eigenvalue weighted by Crippen LogP contribution is -2.38. The van der Waals surface area contributed by atoms with E-state index in [0.717, 1.165) is 30.6 Å². The number of carbonyl (C=O) groups excluding carboxylic acids is 1. The summed E-state index contributed by atoms with van der Waals surface area (Å²) in [6.45, 7) is 7.30. The summed E-state index contributed by atoms with van der Waals surface area (Å²) in [5, 5.41) is 3.11. The minimum atomic E-state index is -0.287. The number of anilines is 1. The van der Waals surface area contributed by atoms with E-state index < -0.39 is 0 Å². The number of carbonyl (C=O) groups is 1. The average Bonchev–Trinajstić information content (AvgIpc) is 3.17. The van der Waals surface area contributed by atoms with Gasteiger partial charge in [0.2, 0.25) is 5.91 Å². The van der Waals surface area contributed by atoms with Crippen LogP contribution in [-0.4, -0.2) is 12.5 Å². The highest BCUT2D eigenvalue weighted by Gasteiger charge is 2.51. The second kappa shape index (κ2) is 5.24. The van der Waals surface area contributed by atoms with Gasteiger partial charge in [-0.25, -0.2) is 0 Å². The monoisotopic (exact) mass is 260 g/mol. The standard InChI is InChI=1S/C16H24N2O/c1-11(2)12(3)10-18-15(19)16(8-9-16)13-4-6-14(17)7-5-13/h4-7,11-12H,8-10,17H2,1-3H3,(H,18,19). The molecule has 0 aliphatic heterocycles. The molecule has 0 spiro atoms. The zero-order valence-electron chi connectivity index (χ0n) is 12.1. The van der Waals surface area contributed by atoms with Crippen LogP contribution in [0.15, 0.2) is 24.3 Å². The first-order chi connectivity index (χ1) is 8.95. The van der Waals surface area contributed by atoms with Crippen molar-refractivity contribution < 1.29 is 4.79 Å². The van der Waals surface area contributed by atoms with Gasteiger partial charge in [-0.3, -0.25) is 4.79 Å². The zero-order valence-corrected chi connectivity index (χ0v) is 12.1. The Morgan fingerprint density at radius 2 is 1.84 bits per heavy atom. The van der Waals surface area contributed by atoms with Crippen molar-refractivity contribution in [2.24, 2.45) is 11.8 Å². The Bertz CT molecular complexity index is 446. The van der Waals surface area contributed by atoms with Crippen LogP contribution in [0.5, 0.6) is 0 Å². The van der Waals surface area contributed by atoms with Crippen molar-refractivity contribution in [3.8, 4) is 0 Å². The van der Waals surface area contributed by atoms with Gasteiger partial charge in [0.05, 0.1) is 5.41 Å². The third kappa shape index (κ3) is 2.91. The molecule has 1 aromatic carbocycles. The molecule has 19 heavy (non-hydrogen) atoms. The second-order valence-electron chi connectivity index (χ2n) is 6.14. The Kier molecular flexibility index (Phi) is 3.83. The van der Waals surface area contributed by atoms with E-state index >= 15 is 0 Å². The van der Waals surface area contributed by atoms with E-state index in [-0.39, 0.29) is 11.3 Å². The molecule has 1 aromatic rings. The highest BCUT2D eigenvalue weighted by atomic mass is 16.2. The van der Waals surface area contributed by atoms with E-state index in [9.17, 15) is 4.79 Å². The molecule has 3 N–H and O–H groups in total. The number of benzene rings is 1. The van der Waals surface area contributed by atoms with Gasteiger partial charge in [0.1, 0.15) is 0 Å². The first kappa shape index (κ1) is 13.9. The third-order valence-corrected chi connectivity index (χ3v) is 4.37. The molecule has 1 amide bonds. The Balaban J connectivity index is 2.00. The van der Waals surface area contributed by atoms with Crippen molar-refractivity contribution in [3.05, 3.63) is 29.8 Å². The molecule has 104 valence electrons. The first-order valence-electron chi connectivity index (χ1n) is 7.10. The van der Waals surface area contributed by atoms with Crippen molar-refractivity contribution in [3.63, 3.8) is 0 Å². The molecule has 0 saturated heterocycles. The molecule has 3 heteroatoms. The fraction of sp³-hybridized carbons (Fsp3) is 0.562. The maximum atomic E-state index is 12.4. The Labute approximate surface area is 115 Å². The molecule has 0 radical (unpaired) electrons. The molecule has 1 unspecified atom stereocenters. The molecule has 3 nitrogen and oxygen atoms in total. The number of hydrogen-bond donors (Lipinski definition) is 2. The van der Waals surface area contributed by atoms with Gasteiger partial charge in [0, 0.05) is 12.2 Å². The van der Waals surface area contributed by atoms with Crippen LogP contribution in [0, 0.1) is 11.8 Å². The van der Waals surface area contributed by atoms with E-state index in [1.54, 1.807) is 0 Å². The Morgan fingerprint density at radius 3 is 2.32 bits per heavy atom. The van der Waals surface area contributed by atoms with Gasteiger partial charge in [-0.1, -0.05) is 32.9 Å². The van der Waals surface area contributed by atoms with Crippen molar-refractivity contribution >= 4 is 11.6 Å². The summed E-state index contributed by atoms with van der Waals surface area (Å²) >= 11 is 0. The van der Waals surface area contributed by atoms with Gasteiger partial charge >= 0.3 is 0 Å². The van der Waals surface area contributed by atoms with Crippen LogP contribution >= 0.6 is 0 Å². The molecular formula is C16H24N2O. The molecule has 1 fully saturated rings. The summed E-state index contributed by atoms with van der Waals surface area (Å²) in [6, 6.07) is 7.71. The maximum absolute atomic E-state index is 12.4. The fourth-order valence-electron chi connectivity index (χ4n) is 2.23. The summed E-state index contributed by atoms with van der Waals surface area (Å²) < 4.78 is 0. The summed E-state index contributed by atoms with van der Waals surface area (Å²) in [4.78, 5) is 12.4. The van der Waals surface area contributed by atoms with Gasteiger partial charge in [-0.15, -0.1) is 0 Å². The highest BCUT2D eigenvalue weighted by Crippen LogP contribution is 2.48. The van der Waals surface area contributed by atoms with Gasteiger partial charge < -0.3 is 11.1 Å². The summed E-state index contributed by atoms with van der Waals surface area (Å²) in [6.07, 6.45) is 1.89. The van der Waals surface area contributed by atoms with Gasteiger partial charge in [-0.2, -0.15) is 0 Å². The van der Waals surface area contributed by atoms with Crippen LogP contribution in [0.4, 0.5) is 5.69 Å². The van der Waals surface area contributed by atoms with Crippen LogP contribution in [0.25, 0.3) is 0 Å². The molecule has 0 bridgehead atoms. The molecule has 1 atom stereocenters. The number of rotatable bonds is 5.